The Bertz CT molecular complexity index is 994. The molecule has 0 radical (unpaired) electrons. The molecule has 0 aliphatic carbocycles. The van der Waals surface area contributed by atoms with Gasteiger partial charge in [0.2, 0.25) is 0 Å². The summed E-state index contributed by atoms with van der Waals surface area (Å²) in [5, 5.41) is 6.01. The second kappa shape index (κ2) is 7.78. The molecule has 136 valence electrons. The third-order valence-electron chi connectivity index (χ3n) is 4.16. The van der Waals surface area contributed by atoms with E-state index in [-0.39, 0.29) is 17.4 Å². The number of aryl methyl sites for hydroxylation is 2. The fourth-order valence-corrected chi connectivity index (χ4v) is 2.70. The second-order valence-corrected chi connectivity index (χ2v) is 6.27. The molecule has 0 atom stereocenters. The van der Waals surface area contributed by atoms with Crippen molar-refractivity contribution < 1.29 is 9.59 Å². The number of benzene rings is 2. The van der Waals surface area contributed by atoms with Gasteiger partial charge in [0.1, 0.15) is 17.8 Å². The van der Waals surface area contributed by atoms with Gasteiger partial charge in [-0.25, -0.2) is 9.97 Å². The molecular formula is C21H20N4O2. The van der Waals surface area contributed by atoms with E-state index in [9.17, 15) is 9.59 Å². The quantitative estimate of drug-likeness (QED) is 0.663. The van der Waals surface area contributed by atoms with Gasteiger partial charge in [-0.2, -0.15) is 0 Å². The molecule has 2 N–H and O–H groups in total. The fraction of sp³-hybridized carbons (Fsp3) is 0.143. The van der Waals surface area contributed by atoms with Crippen molar-refractivity contribution in [3.8, 4) is 0 Å². The maximum Gasteiger partial charge on any atom is 0.274 e. The highest BCUT2D eigenvalue weighted by atomic mass is 16.2. The van der Waals surface area contributed by atoms with Crippen LogP contribution in [0.4, 0.5) is 17.2 Å². The first-order valence-corrected chi connectivity index (χ1v) is 8.51. The van der Waals surface area contributed by atoms with E-state index < -0.39 is 0 Å². The lowest BCUT2D eigenvalue weighted by Gasteiger charge is -2.12. The lowest BCUT2D eigenvalue weighted by atomic mass is 10.1. The summed E-state index contributed by atoms with van der Waals surface area (Å²) >= 11 is 0. The normalized spacial score (nSPS) is 10.3. The molecule has 3 aromatic rings. The summed E-state index contributed by atoms with van der Waals surface area (Å²) in [7, 11) is 0. The van der Waals surface area contributed by atoms with Crippen LogP contribution in [0.15, 0.2) is 54.9 Å². The minimum absolute atomic E-state index is 0.0185. The van der Waals surface area contributed by atoms with Gasteiger partial charge in [0.05, 0.1) is 0 Å². The molecule has 0 spiro atoms. The van der Waals surface area contributed by atoms with Gasteiger partial charge in [-0.05, 0) is 44.0 Å². The number of hydrogen-bond acceptors (Lipinski definition) is 5. The summed E-state index contributed by atoms with van der Waals surface area (Å²) in [4.78, 5) is 32.3. The molecule has 1 amide bonds. The van der Waals surface area contributed by atoms with E-state index in [1.165, 1.54) is 13.3 Å². The molecule has 27 heavy (non-hydrogen) atoms. The average Bonchev–Trinajstić information content (AvgIpc) is 2.65. The summed E-state index contributed by atoms with van der Waals surface area (Å²) < 4.78 is 0. The monoisotopic (exact) mass is 360 g/mol. The number of ketones is 1. The third-order valence-corrected chi connectivity index (χ3v) is 4.16. The van der Waals surface area contributed by atoms with Crippen LogP contribution in [-0.2, 0) is 0 Å². The Morgan fingerprint density at radius 3 is 2.33 bits per heavy atom. The van der Waals surface area contributed by atoms with Gasteiger partial charge in [0.25, 0.3) is 5.91 Å². The SMILES string of the molecule is CC(=O)c1cccc(Nc2cc(C(=O)Nc3c(C)cccc3C)ncn2)c1. The van der Waals surface area contributed by atoms with Gasteiger partial charge in [-0.1, -0.05) is 30.3 Å². The number of rotatable bonds is 5. The molecule has 2 aromatic carbocycles. The van der Waals surface area contributed by atoms with E-state index in [0.29, 0.717) is 17.1 Å². The predicted molar refractivity (Wildman–Crippen MR) is 106 cm³/mol. The zero-order valence-electron chi connectivity index (χ0n) is 15.4. The Labute approximate surface area is 157 Å². The molecule has 0 bridgehead atoms. The van der Waals surface area contributed by atoms with Gasteiger partial charge < -0.3 is 10.6 Å². The topological polar surface area (TPSA) is 84.0 Å². The summed E-state index contributed by atoms with van der Waals surface area (Å²) in [5.74, 6) is 0.141. The number of nitrogens with one attached hydrogen (secondary N) is 2. The van der Waals surface area contributed by atoms with Gasteiger partial charge in [0, 0.05) is 23.0 Å². The van der Waals surface area contributed by atoms with Crippen molar-refractivity contribution in [2.75, 3.05) is 10.6 Å². The minimum atomic E-state index is -0.310. The van der Waals surface area contributed by atoms with E-state index in [1.54, 1.807) is 24.3 Å². The Morgan fingerprint density at radius 1 is 0.926 bits per heavy atom. The maximum absolute atomic E-state index is 12.6. The fourth-order valence-electron chi connectivity index (χ4n) is 2.70. The lowest BCUT2D eigenvalue weighted by Crippen LogP contribution is -2.16. The van der Waals surface area contributed by atoms with Gasteiger partial charge in [0.15, 0.2) is 5.78 Å². The standard InChI is InChI=1S/C21H20N4O2/c1-13-6-4-7-14(2)20(13)25-21(27)18-11-19(23-12-22-18)24-17-9-5-8-16(10-17)15(3)26/h4-12H,1-3H3,(H,25,27)(H,22,23,24). The van der Waals surface area contributed by atoms with Crippen molar-refractivity contribution in [1.29, 1.82) is 0 Å². The number of Topliss-reactive ketones (excluding diaryl/α,β-unsaturated/α-hetero) is 1. The molecule has 1 heterocycles. The van der Waals surface area contributed by atoms with Crippen LogP contribution in [-0.4, -0.2) is 21.7 Å². The van der Waals surface area contributed by atoms with Crippen molar-refractivity contribution in [2.45, 2.75) is 20.8 Å². The number of anilines is 3. The first-order chi connectivity index (χ1) is 12.9. The molecule has 6 nitrogen and oxygen atoms in total. The van der Waals surface area contributed by atoms with Gasteiger partial charge in [-0.15, -0.1) is 0 Å². The Morgan fingerprint density at radius 2 is 1.63 bits per heavy atom. The van der Waals surface area contributed by atoms with E-state index >= 15 is 0 Å². The average molecular weight is 360 g/mol. The Balaban J connectivity index is 1.80. The first kappa shape index (κ1) is 18.3. The van der Waals surface area contributed by atoms with E-state index in [4.69, 9.17) is 0 Å². The van der Waals surface area contributed by atoms with Crippen LogP contribution in [0.5, 0.6) is 0 Å². The molecule has 0 saturated heterocycles. The highest BCUT2D eigenvalue weighted by molar-refractivity contribution is 6.04. The minimum Gasteiger partial charge on any atom is -0.340 e. The predicted octanol–water partition coefficient (Wildman–Crippen LogP) is 4.29. The van der Waals surface area contributed by atoms with Crippen LogP contribution in [0.2, 0.25) is 0 Å². The molecule has 0 aliphatic heterocycles. The van der Waals surface area contributed by atoms with Crippen LogP contribution in [0.1, 0.15) is 38.9 Å². The third kappa shape index (κ3) is 4.36. The van der Waals surface area contributed by atoms with Crippen LogP contribution in [0, 0.1) is 13.8 Å². The number of carbonyl (C=O) groups excluding carboxylic acids is 2. The van der Waals surface area contributed by atoms with Crippen molar-refractivity contribution >= 4 is 28.9 Å². The van der Waals surface area contributed by atoms with Gasteiger partial charge >= 0.3 is 0 Å². The highest BCUT2D eigenvalue weighted by Crippen LogP contribution is 2.21. The summed E-state index contributed by atoms with van der Waals surface area (Å²) in [6, 6.07) is 14.5. The number of nitrogens with zero attached hydrogens (tertiary/aromatic N) is 2. The maximum atomic E-state index is 12.6. The number of carbonyl (C=O) groups is 2. The Hall–Kier alpha value is -3.54. The van der Waals surface area contributed by atoms with E-state index in [0.717, 1.165) is 16.8 Å². The molecule has 0 unspecified atom stereocenters. The molecule has 3 rings (SSSR count). The van der Waals surface area contributed by atoms with E-state index in [1.807, 2.05) is 38.1 Å². The van der Waals surface area contributed by atoms with Crippen molar-refractivity contribution in [3.63, 3.8) is 0 Å². The zero-order chi connectivity index (χ0) is 19.4. The zero-order valence-corrected chi connectivity index (χ0v) is 15.4. The molecule has 1 aromatic heterocycles. The van der Waals surface area contributed by atoms with Gasteiger partial charge in [-0.3, -0.25) is 9.59 Å². The van der Waals surface area contributed by atoms with Crippen LogP contribution < -0.4 is 10.6 Å². The summed E-state index contributed by atoms with van der Waals surface area (Å²) in [5.41, 5.74) is 4.31. The van der Waals surface area contributed by atoms with Crippen molar-refractivity contribution in [3.05, 3.63) is 77.2 Å². The number of hydrogen-bond donors (Lipinski definition) is 2. The highest BCUT2D eigenvalue weighted by Gasteiger charge is 2.12. The van der Waals surface area contributed by atoms with E-state index in [2.05, 4.69) is 20.6 Å². The molecule has 0 fully saturated rings. The smallest absolute Gasteiger partial charge is 0.274 e. The first-order valence-electron chi connectivity index (χ1n) is 8.51. The molecule has 0 aliphatic rings. The summed E-state index contributed by atoms with van der Waals surface area (Å²) in [6.07, 6.45) is 1.33. The van der Waals surface area contributed by atoms with Crippen molar-refractivity contribution in [1.82, 2.24) is 9.97 Å². The molecule has 0 saturated carbocycles. The lowest BCUT2D eigenvalue weighted by molar-refractivity contribution is 0.101. The molecular weight excluding hydrogens is 340 g/mol. The largest absolute Gasteiger partial charge is 0.340 e. The Kier molecular flexibility index (Phi) is 5.26. The summed E-state index contributed by atoms with van der Waals surface area (Å²) in [6.45, 7) is 5.40. The van der Waals surface area contributed by atoms with Crippen molar-refractivity contribution in [2.24, 2.45) is 0 Å². The van der Waals surface area contributed by atoms with Crippen LogP contribution in [0.3, 0.4) is 0 Å². The second-order valence-electron chi connectivity index (χ2n) is 6.27. The van der Waals surface area contributed by atoms with Crippen LogP contribution >= 0.6 is 0 Å². The molecule has 6 heteroatoms. The number of aromatic nitrogens is 2. The number of para-hydroxylation sites is 1. The number of amides is 1. The van der Waals surface area contributed by atoms with Crippen LogP contribution in [0.25, 0.3) is 0 Å².